The number of hydrogen-bond acceptors (Lipinski definition) is 9. The Balaban J connectivity index is 1.66. The zero-order chi connectivity index (χ0) is 30.0. The zero-order valence-corrected chi connectivity index (χ0v) is 25.5. The molecular weight excluding hydrogens is 590 g/mol. The summed E-state index contributed by atoms with van der Waals surface area (Å²) < 4.78 is 87.2. The van der Waals surface area contributed by atoms with Crippen molar-refractivity contribution in [3.63, 3.8) is 0 Å². The van der Waals surface area contributed by atoms with Gasteiger partial charge >= 0.3 is 0 Å². The second-order valence-electron chi connectivity index (χ2n) is 10.2. The third-order valence-electron chi connectivity index (χ3n) is 7.10. The molecule has 10 nitrogen and oxygen atoms in total. The maximum atomic E-state index is 13.0. The maximum absolute atomic E-state index is 13.0. The van der Waals surface area contributed by atoms with Gasteiger partial charge in [0.1, 0.15) is 0 Å². The number of sulfonamides is 1. The Morgan fingerprint density at radius 2 is 1.10 bits per heavy atom. The maximum Gasteiger partial charge on any atom is 0.297 e. The van der Waals surface area contributed by atoms with E-state index in [4.69, 9.17) is 13.5 Å². The van der Waals surface area contributed by atoms with E-state index in [0.29, 0.717) is 30.5 Å². The molecule has 0 radical (unpaired) electrons. The molecule has 222 valence electrons. The molecular formula is C28H34N2O8S3. The van der Waals surface area contributed by atoms with Crippen LogP contribution in [0.2, 0.25) is 0 Å². The molecule has 0 aliphatic carbocycles. The van der Waals surface area contributed by atoms with E-state index >= 15 is 0 Å². The standard InChI is InChI=1S/C28H34N2O8S3/c1-20-7-12-25(13-8-20)40(33,34)37-18-23-5-4-6-24(19-38-41(35,36)26-14-9-21(2)10-15-26)30(23)28-17-27(39(29,31)32)16-11-22(28)3/h7-17,23-24H,4-6,18-19H2,1-3H3,(H2,29,31,32)/t23-,24-/m1/s1/i20+1,21+1. The molecule has 0 unspecified atom stereocenters. The van der Waals surface area contributed by atoms with Crippen LogP contribution in [0.1, 0.15) is 36.0 Å². The van der Waals surface area contributed by atoms with E-state index in [-0.39, 0.29) is 27.9 Å². The zero-order valence-electron chi connectivity index (χ0n) is 23.1. The number of benzene rings is 3. The Hall–Kier alpha value is -2.81. The summed E-state index contributed by atoms with van der Waals surface area (Å²) in [6.45, 7) is 4.98. The van der Waals surface area contributed by atoms with Crippen LogP contribution in [0.5, 0.6) is 0 Å². The van der Waals surface area contributed by atoms with E-state index in [9.17, 15) is 25.3 Å². The van der Waals surface area contributed by atoms with Crippen molar-refractivity contribution in [2.75, 3.05) is 18.1 Å². The van der Waals surface area contributed by atoms with E-state index in [1.54, 1.807) is 37.3 Å². The van der Waals surface area contributed by atoms with Crippen LogP contribution < -0.4 is 10.0 Å². The minimum Gasteiger partial charge on any atom is -0.361 e. The van der Waals surface area contributed by atoms with Gasteiger partial charge in [0.15, 0.2) is 0 Å². The molecule has 0 bridgehead atoms. The highest BCUT2D eigenvalue weighted by Gasteiger charge is 2.35. The monoisotopic (exact) mass is 624 g/mol. The SMILES string of the molecule is Cc1ccc(S(N)(=O)=O)cc1N1[C@@H](COS(=O)(=O)c2cc[13c](C)cc2)CCC[C@@H]1COS(=O)(=O)c1cc[13c](C)cc1. The number of piperidine rings is 1. The molecule has 0 amide bonds. The Bertz CT molecular complexity index is 1620. The summed E-state index contributed by atoms with van der Waals surface area (Å²) in [5.74, 6) is 0. The smallest absolute Gasteiger partial charge is 0.297 e. The Kier molecular flexibility index (Phi) is 9.26. The summed E-state index contributed by atoms with van der Waals surface area (Å²) in [6, 6.07) is 15.9. The van der Waals surface area contributed by atoms with E-state index in [1.807, 2.05) is 18.7 Å². The minimum absolute atomic E-state index is 0.0157. The molecule has 3 aromatic rings. The normalized spacial score (nSPS) is 18.4. The van der Waals surface area contributed by atoms with Gasteiger partial charge in [0.2, 0.25) is 10.0 Å². The molecule has 13 heteroatoms. The highest BCUT2D eigenvalue weighted by molar-refractivity contribution is 7.89. The summed E-state index contributed by atoms with van der Waals surface area (Å²) in [5, 5.41) is 5.40. The van der Waals surface area contributed by atoms with Crippen LogP contribution in [-0.4, -0.2) is 50.6 Å². The summed E-state index contributed by atoms with van der Waals surface area (Å²) in [4.78, 5) is 1.72. The lowest BCUT2D eigenvalue weighted by atomic mass is 9.94. The quantitative estimate of drug-likeness (QED) is 0.332. The van der Waals surface area contributed by atoms with Crippen LogP contribution in [0.25, 0.3) is 0 Å². The lowest BCUT2D eigenvalue weighted by Gasteiger charge is -2.44. The summed E-state index contributed by atoms with van der Waals surface area (Å²) >= 11 is 0. The molecule has 0 spiro atoms. The lowest BCUT2D eigenvalue weighted by Crippen LogP contribution is -2.51. The third-order valence-corrected chi connectivity index (χ3v) is 10.6. The second kappa shape index (κ2) is 12.2. The van der Waals surface area contributed by atoms with Crippen molar-refractivity contribution in [3.8, 4) is 0 Å². The number of primary sulfonamides is 1. The van der Waals surface area contributed by atoms with Crippen LogP contribution in [0.4, 0.5) is 5.69 Å². The van der Waals surface area contributed by atoms with Crippen molar-refractivity contribution in [1.29, 1.82) is 0 Å². The molecule has 1 aliphatic rings. The van der Waals surface area contributed by atoms with Gasteiger partial charge in [-0.05, 0) is 82.0 Å². The number of anilines is 1. The fourth-order valence-corrected chi connectivity index (χ4v) is 7.23. The van der Waals surface area contributed by atoms with Gasteiger partial charge in [-0.1, -0.05) is 41.5 Å². The average molecular weight is 625 g/mol. The number of nitrogens with two attached hydrogens (primary N) is 1. The first kappa shape index (κ1) is 31.1. The second-order valence-corrected chi connectivity index (χ2v) is 15.0. The summed E-state index contributed by atoms with van der Waals surface area (Å²) in [7, 11) is -12.2. The van der Waals surface area contributed by atoms with Gasteiger partial charge in [0.05, 0.1) is 40.0 Å². The van der Waals surface area contributed by atoms with Crippen molar-refractivity contribution >= 4 is 35.9 Å². The first-order chi connectivity index (χ1) is 19.2. The molecule has 4 rings (SSSR count). The highest BCUT2D eigenvalue weighted by Crippen LogP contribution is 2.34. The topological polar surface area (TPSA) is 150 Å². The summed E-state index contributed by atoms with van der Waals surface area (Å²) in [6.07, 6.45) is 1.68. The molecule has 0 saturated carbocycles. The Labute approximate surface area is 242 Å². The fourth-order valence-electron chi connectivity index (χ4n) is 4.81. The molecule has 1 saturated heterocycles. The Morgan fingerprint density at radius 3 is 1.51 bits per heavy atom. The molecule has 41 heavy (non-hydrogen) atoms. The van der Waals surface area contributed by atoms with Gasteiger partial charge in [-0.3, -0.25) is 8.37 Å². The third kappa shape index (κ3) is 7.53. The molecule has 1 aliphatic heterocycles. The molecule has 3 aromatic carbocycles. The van der Waals surface area contributed by atoms with Crippen LogP contribution in [-0.2, 0) is 38.6 Å². The van der Waals surface area contributed by atoms with Crippen molar-refractivity contribution < 1.29 is 33.6 Å². The lowest BCUT2D eigenvalue weighted by molar-refractivity contribution is 0.212. The van der Waals surface area contributed by atoms with Crippen molar-refractivity contribution in [1.82, 2.24) is 0 Å². The van der Waals surface area contributed by atoms with Gasteiger partial charge in [0.25, 0.3) is 20.2 Å². The van der Waals surface area contributed by atoms with E-state index in [2.05, 4.69) is 0 Å². The minimum atomic E-state index is -4.09. The molecule has 1 fully saturated rings. The van der Waals surface area contributed by atoms with E-state index in [0.717, 1.165) is 11.1 Å². The van der Waals surface area contributed by atoms with Gasteiger partial charge in [-0.2, -0.15) is 16.8 Å². The van der Waals surface area contributed by atoms with E-state index in [1.165, 1.54) is 36.4 Å². The first-order valence-electron chi connectivity index (χ1n) is 13.0. The average Bonchev–Trinajstić information content (AvgIpc) is 2.91. The molecule has 2 atom stereocenters. The number of hydrogen-bond donors (Lipinski definition) is 1. The predicted molar refractivity (Wildman–Crippen MR) is 155 cm³/mol. The van der Waals surface area contributed by atoms with Gasteiger partial charge < -0.3 is 4.90 Å². The van der Waals surface area contributed by atoms with Gasteiger partial charge in [-0.15, -0.1) is 0 Å². The predicted octanol–water partition coefficient (Wildman–Crippen LogP) is 3.80. The molecule has 1 heterocycles. The molecule has 2 N–H and O–H groups in total. The number of rotatable bonds is 10. The highest BCUT2D eigenvalue weighted by atomic mass is 32.2. The number of nitrogens with zero attached hydrogens (tertiary/aromatic N) is 1. The van der Waals surface area contributed by atoms with E-state index < -0.39 is 42.3 Å². The summed E-state index contributed by atoms with van der Waals surface area (Å²) in [5.41, 5.74) is 2.96. The van der Waals surface area contributed by atoms with Gasteiger partial charge in [-0.25, -0.2) is 13.6 Å². The largest absolute Gasteiger partial charge is 0.361 e. The van der Waals surface area contributed by atoms with Crippen molar-refractivity contribution in [3.05, 3.63) is 83.4 Å². The van der Waals surface area contributed by atoms with Crippen molar-refractivity contribution in [2.45, 2.75) is 66.8 Å². The van der Waals surface area contributed by atoms with Crippen LogP contribution >= 0.6 is 0 Å². The number of aryl methyl sites for hydroxylation is 3. The van der Waals surface area contributed by atoms with Gasteiger partial charge in [0, 0.05) is 5.69 Å². The fraction of sp³-hybridized carbons (Fsp3) is 0.357. The first-order valence-corrected chi connectivity index (χ1v) is 17.4. The Morgan fingerprint density at radius 1 is 0.683 bits per heavy atom. The molecule has 0 aromatic heterocycles. The van der Waals surface area contributed by atoms with Crippen molar-refractivity contribution in [2.24, 2.45) is 5.14 Å². The van der Waals surface area contributed by atoms with Crippen LogP contribution in [0.3, 0.4) is 0 Å². The van der Waals surface area contributed by atoms with Crippen LogP contribution in [0.15, 0.2) is 81.4 Å². The van der Waals surface area contributed by atoms with Crippen LogP contribution in [0, 0.1) is 20.8 Å².